The Labute approximate surface area is 67.9 Å². The Bertz CT molecular complexity index is 128. The van der Waals surface area contributed by atoms with Crippen LogP contribution in [0.1, 0.15) is 32.6 Å². The molecule has 0 aromatic carbocycles. The number of ketones is 1. The molecule has 0 aromatic rings. The molecular weight excluding hydrogens is 140 g/mol. The Hall–Kier alpha value is -0.630. The quantitative estimate of drug-likeness (QED) is 0.469. The fourth-order valence-corrected chi connectivity index (χ4v) is 0.800. The van der Waals surface area contributed by atoms with Gasteiger partial charge in [-0.1, -0.05) is 12.5 Å². The van der Waals surface area contributed by atoms with Gasteiger partial charge in [0.15, 0.2) is 5.78 Å². The van der Waals surface area contributed by atoms with Crippen LogP contribution in [0.25, 0.3) is 0 Å². The van der Waals surface area contributed by atoms with Crippen LogP contribution in [-0.4, -0.2) is 17.5 Å². The Morgan fingerprint density at radius 3 is 2.64 bits per heavy atom. The third-order valence-corrected chi connectivity index (χ3v) is 1.38. The summed E-state index contributed by atoms with van der Waals surface area (Å²) in [6.45, 7) is 1.82. The number of aliphatic hydroxyl groups excluding tert-OH is 1. The first-order valence-corrected chi connectivity index (χ1v) is 4.05. The highest BCUT2D eigenvalue weighted by Gasteiger charge is 1.85. The SMILES string of the molecule is CC(=O)/C=C/CCCCCO. The molecule has 0 fully saturated rings. The standard InChI is InChI=1S/C9H16O2/c1-9(11)7-5-3-2-4-6-8-10/h5,7,10H,2-4,6,8H2,1H3/b7-5+. The summed E-state index contributed by atoms with van der Waals surface area (Å²) in [6, 6.07) is 0. The van der Waals surface area contributed by atoms with E-state index < -0.39 is 0 Å². The van der Waals surface area contributed by atoms with Crippen molar-refractivity contribution in [2.24, 2.45) is 0 Å². The lowest BCUT2D eigenvalue weighted by atomic mass is 10.2. The van der Waals surface area contributed by atoms with Gasteiger partial charge < -0.3 is 5.11 Å². The molecule has 0 amide bonds. The maximum atomic E-state index is 10.4. The third-order valence-electron chi connectivity index (χ3n) is 1.38. The van der Waals surface area contributed by atoms with Gasteiger partial charge in [0.1, 0.15) is 0 Å². The summed E-state index contributed by atoms with van der Waals surface area (Å²) in [6.07, 6.45) is 7.40. The maximum Gasteiger partial charge on any atom is 0.152 e. The normalized spacial score (nSPS) is 10.7. The van der Waals surface area contributed by atoms with Gasteiger partial charge in [0.25, 0.3) is 0 Å². The van der Waals surface area contributed by atoms with E-state index in [0.717, 1.165) is 25.7 Å². The molecule has 0 aliphatic carbocycles. The minimum Gasteiger partial charge on any atom is -0.396 e. The van der Waals surface area contributed by atoms with E-state index in [2.05, 4.69) is 0 Å². The van der Waals surface area contributed by atoms with Crippen LogP contribution in [0, 0.1) is 0 Å². The molecule has 0 aliphatic heterocycles. The number of hydrogen-bond donors (Lipinski definition) is 1. The first kappa shape index (κ1) is 10.4. The molecule has 11 heavy (non-hydrogen) atoms. The van der Waals surface area contributed by atoms with Crippen LogP contribution in [0.2, 0.25) is 0 Å². The maximum absolute atomic E-state index is 10.4. The number of carbonyl (C=O) groups is 1. The highest BCUT2D eigenvalue weighted by molar-refractivity contribution is 5.87. The van der Waals surface area contributed by atoms with Crippen LogP contribution < -0.4 is 0 Å². The lowest BCUT2D eigenvalue weighted by Gasteiger charge is -1.92. The van der Waals surface area contributed by atoms with Gasteiger partial charge in [0, 0.05) is 6.61 Å². The fraction of sp³-hybridized carbons (Fsp3) is 0.667. The van der Waals surface area contributed by atoms with Gasteiger partial charge >= 0.3 is 0 Å². The Morgan fingerprint density at radius 1 is 1.36 bits per heavy atom. The van der Waals surface area contributed by atoms with Crippen LogP contribution in [-0.2, 0) is 4.79 Å². The monoisotopic (exact) mass is 156 g/mol. The van der Waals surface area contributed by atoms with Gasteiger partial charge in [0.05, 0.1) is 0 Å². The largest absolute Gasteiger partial charge is 0.396 e. The summed E-state index contributed by atoms with van der Waals surface area (Å²) in [5.41, 5.74) is 0. The zero-order valence-corrected chi connectivity index (χ0v) is 7.05. The molecule has 0 heterocycles. The third kappa shape index (κ3) is 9.37. The number of carbonyl (C=O) groups excluding carboxylic acids is 1. The molecule has 0 radical (unpaired) electrons. The lowest BCUT2D eigenvalue weighted by molar-refractivity contribution is -0.112. The minimum atomic E-state index is 0.104. The smallest absolute Gasteiger partial charge is 0.152 e. The highest BCUT2D eigenvalue weighted by Crippen LogP contribution is 1.99. The van der Waals surface area contributed by atoms with E-state index in [1.54, 1.807) is 13.0 Å². The molecule has 0 aliphatic rings. The Kier molecular flexibility index (Phi) is 7.05. The van der Waals surface area contributed by atoms with Crippen molar-refractivity contribution in [3.05, 3.63) is 12.2 Å². The average molecular weight is 156 g/mol. The lowest BCUT2D eigenvalue weighted by Crippen LogP contribution is -1.83. The molecule has 0 saturated carbocycles. The molecule has 0 spiro atoms. The zero-order chi connectivity index (χ0) is 8.53. The van der Waals surface area contributed by atoms with Crippen molar-refractivity contribution in [2.75, 3.05) is 6.61 Å². The summed E-state index contributed by atoms with van der Waals surface area (Å²) in [5, 5.41) is 8.44. The van der Waals surface area contributed by atoms with E-state index in [-0.39, 0.29) is 12.4 Å². The van der Waals surface area contributed by atoms with E-state index in [1.165, 1.54) is 0 Å². The van der Waals surface area contributed by atoms with E-state index in [9.17, 15) is 4.79 Å². The molecule has 0 rings (SSSR count). The second kappa shape index (κ2) is 7.48. The van der Waals surface area contributed by atoms with E-state index in [0.29, 0.717) is 0 Å². The number of unbranched alkanes of at least 4 members (excludes halogenated alkanes) is 3. The Balaban J connectivity index is 3.07. The van der Waals surface area contributed by atoms with Crippen molar-refractivity contribution in [3.8, 4) is 0 Å². The number of rotatable bonds is 6. The molecule has 2 heteroatoms. The molecule has 1 N–H and O–H groups in total. The molecule has 0 atom stereocenters. The van der Waals surface area contributed by atoms with Crippen molar-refractivity contribution in [2.45, 2.75) is 32.6 Å². The molecule has 0 saturated heterocycles. The number of allylic oxidation sites excluding steroid dienone is 2. The van der Waals surface area contributed by atoms with Gasteiger partial charge in [0.2, 0.25) is 0 Å². The van der Waals surface area contributed by atoms with Gasteiger partial charge in [-0.05, 0) is 32.3 Å². The first-order chi connectivity index (χ1) is 5.27. The van der Waals surface area contributed by atoms with Crippen molar-refractivity contribution in [1.82, 2.24) is 0 Å². The molecular formula is C9H16O2. The first-order valence-electron chi connectivity index (χ1n) is 4.05. The summed E-state index contributed by atoms with van der Waals surface area (Å²) < 4.78 is 0. The van der Waals surface area contributed by atoms with Crippen LogP contribution in [0.3, 0.4) is 0 Å². The summed E-state index contributed by atoms with van der Waals surface area (Å²) in [5.74, 6) is 0.104. The molecule has 0 bridgehead atoms. The summed E-state index contributed by atoms with van der Waals surface area (Å²) in [7, 11) is 0. The van der Waals surface area contributed by atoms with Gasteiger partial charge in [-0.25, -0.2) is 0 Å². The molecule has 0 aromatic heterocycles. The highest BCUT2D eigenvalue weighted by atomic mass is 16.2. The fourth-order valence-electron chi connectivity index (χ4n) is 0.800. The van der Waals surface area contributed by atoms with E-state index >= 15 is 0 Å². The number of hydrogen-bond acceptors (Lipinski definition) is 2. The predicted molar refractivity (Wildman–Crippen MR) is 45.4 cm³/mol. The Morgan fingerprint density at radius 2 is 2.09 bits per heavy atom. The van der Waals surface area contributed by atoms with Crippen LogP contribution in [0.5, 0.6) is 0 Å². The van der Waals surface area contributed by atoms with E-state index in [1.807, 2.05) is 6.08 Å². The summed E-state index contributed by atoms with van der Waals surface area (Å²) >= 11 is 0. The second-order valence-electron chi connectivity index (χ2n) is 2.59. The van der Waals surface area contributed by atoms with Gasteiger partial charge in [-0.15, -0.1) is 0 Å². The predicted octanol–water partition coefficient (Wildman–Crippen LogP) is 1.68. The van der Waals surface area contributed by atoms with Crippen LogP contribution in [0.15, 0.2) is 12.2 Å². The average Bonchev–Trinajstić information content (AvgIpc) is 1.96. The van der Waals surface area contributed by atoms with Gasteiger partial charge in [-0.3, -0.25) is 4.79 Å². The second-order valence-corrected chi connectivity index (χ2v) is 2.59. The topological polar surface area (TPSA) is 37.3 Å². The zero-order valence-electron chi connectivity index (χ0n) is 7.05. The molecule has 0 unspecified atom stereocenters. The molecule has 64 valence electrons. The van der Waals surface area contributed by atoms with Crippen LogP contribution in [0.4, 0.5) is 0 Å². The van der Waals surface area contributed by atoms with E-state index in [4.69, 9.17) is 5.11 Å². The van der Waals surface area contributed by atoms with Crippen molar-refractivity contribution in [1.29, 1.82) is 0 Å². The van der Waals surface area contributed by atoms with Gasteiger partial charge in [-0.2, -0.15) is 0 Å². The van der Waals surface area contributed by atoms with Crippen molar-refractivity contribution >= 4 is 5.78 Å². The van der Waals surface area contributed by atoms with Crippen LogP contribution >= 0.6 is 0 Å². The number of aliphatic hydroxyl groups is 1. The summed E-state index contributed by atoms with van der Waals surface area (Å²) in [4.78, 5) is 10.4. The molecule has 2 nitrogen and oxygen atoms in total. The van der Waals surface area contributed by atoms with Crippen molar-refractivity contribution < 1.29 is 9.90 Å². The minimum absolute atomic E-state index is 0.104. The van der Waals surface area contributed by atoms with Crippen molar-refractivity contribution in [3.63, 3.8) is 0 Å².